The van der Waals surface area contributed by atoms with Crippen molar-refractivity contribution in [1.82, 2.24) is 34.8 Å². The Balaban J connectivity index is 0.000000164. The highest BCUT2D eigenvalue weighted by Gasteiger charge is 2.24. The summed E-state index contributed by atoms with van der Waals surface area (Å²) in [7, 11) is 0.761. The maximum atomic E-state index is 13.6. The van der Waals surface area contributed by atoms with Crippen molar-refractivity contribution < 1.29 is 65.1 Å². The number of halogens is 6. The molecule has 0 spiro atoms. The van der Waals surface area contributed by atoms with Crippen molar-refractivity contribution in [2.24, 2.45) is 29.6 Å². The second-order valence-electron chi connectivity index (χ2n) is 26.5. The monoisotopic (exact) mass is 1610 g/mol. The van der Waals surface area contributed by atoms with E-state index in [4.69, 9.17) is 68.7 Å². The van der Waals surface area contributed by atoms with Gasteiger partial charge in [0.15, 0.2) is 0 Å². The van der Waals surface area contributed by atoms with Crippen molar-refractivity contribution in [3.8, 4) is 35.5 Å². The Kier molecular flexibility index (Phi) is 31.6. The lowest BCUT2D eigenvalue weighted by Crippen LogP contribution is -2.18. The third kappa shape index (κ3) is 25.4. The number of rotatable bonds is 17. The summed E-state index contributed by atoms with van der Waals surface area (Å²) in [6.45, 7) is 10.8. The van der Waals surface area contributed by atoms with E-state index in [0.717, 1.165) is 75.4 Å². The molecule has 24 nitrogen and oxygen atoms in total. The number of nitrogens with one attached hydrogen (secondary N) is 5. The third-order valence-electron chi connectivity index (χ3n) is 17.3. The minimum Gasteiger partial charge on any atom is -0.398 e. The number of carbonyl (C=O) groups excluding carboxylic acids is 4. The van der Waals surface area contributed by atoms with Crippen molar-refractivity contribution in [2.45, 2.75) is 39.0 Å². The number of amides is 2. The largest absolute Gasteiger partial charge is 0.398 e. The van der Waals surface area contributed by atoms with E-state index in [0.29, 0.717) is 143 Å². The third-order valence-corrected chi connectivity index (χ3v) is 19.9. The summed E-state index contributed by atoms with van der Waals surface area (Å²) in [5.41, 5.74) is 13.3. The Hall–Kier alpha value is -10.2. The molecule has 0 saturated carbocycles. The normalized spacial score (nSPS) is 17.9. The molecule has 0 radical (unpaired) electrons. The molecule has 3 aromatic heterocycles. The van der Waals surface area contributed by atoms with E-state index < -0.39 is 30.7 Å². The van der Waals surface area contributed by atoms with Gasteiger partial charge in [0.2, 0.25) is 19.2 Å². The van der Waals surface area contributed by atoms with Crippen molar-refractivity contribution in [2.75, 3.05) is 138 Å². The van der Waals surface area contributed by atoms with Crippen molar-refractivity contribution in [3.63, 3.8) is 0 Å². The van der Waals surface area contributed by atoms with Crippen LogP contribution in [0.3, 0.4) is 0 Å². The molecule has 112 heavy (non-hydrogen) atoms. The number of hydrogen-bond donors (Lipinski definition) is 6. The number of fused-ring (bicyclic) bond motifs is 3. The number of nitrogens with zero attached hydrogens (tertiary/aromatic N) is 7. The second-order valence-corrected chi connectivity index (χ2v) is 30.3. The van der Waals surface area contributed by atoms with Crippen molar-refractivity contribution >= 4 is 151 Å². The molecule has 0 bridgehead atoms. The molecule has 8 heterocycles. The summed E-state index contributed by atoms with van der Waals surface area (Å²) in [4.78, 5) is 73.1. The van der Waals surface area contributed by atoms with Gasteiger partial charge in [0, 0.05) is 126 Å². The average Bonchev–Trinajstić information content (AvgIpc) is 0.799. The van der Waals surface area contributed by atoms with Crippen LogP contribution in [-0.4, -0.2) is 165 Å². The standard InChI is InChI=1S/C26H25ClFN5O2.C25H25ClFN4O4P.C20H16ClFN4O.2C5H8O2/c1-33(2)10-3-4-25(34)32-23-14-20-24(12-18(23)6-5-17-9-11-35-15-17)29-16-30-26(20)31-19-7-8-22(28)21(27)13-19;1-3-35-36(2,33)14-24(32)31-22-12-19-23(10-17(22)5-4-16-8-9-34-13-16)28-15-29-25(19)30-18-6-7-21(27)20(26)11-18;21-16-8-14(3-4-17(16)22)26-20-15-9-18(23)13(7-19(15)24-11-25-20)2-1-12-5-6-27-10-12;2*6-3-5-1-2-7-4-5/h3-4,7-8,12-14,16-17H,9-11,15H2,1-2H3,(H,32,34)(H,29,30,31);6-7,10-12,15-16H,3,8-9,13-14H2,1-2H3,(H,31,32)(H,28,29,30);3-4,7-9,11-12H,5-6,10,23H2,(H,24,25,26);2*3,5H,1-2,4H2/b4-3+;;;;. The molecule has 14 rings (SSSR count). The maximum Gasteiger partial charge on any atom is 0.248 e. The minimum atomic E-state index is -3.09. The van der Waals surface area contributed by atoms with Gasteiger partial charge in [-0.15, -0.1) is 0 Å². The molecule has 9 aromatic rings. The number of anilines is 9. The van der Waals surface area contributed by atoms with E-state index in [9.17, 15) is 36.9 Å². The van der Waals surface area contributed by atoms with Gasteiger partial charge in [-0.3, -0.25) is 14.2 Å². The number of aldehydes is 2. The van der Waals surface area contributed by atoms with Gasteiger partial charge in [-0.1, -0.05) is 76.4 Å². The quantitative estimate of drug-likeness (QED) is 0.0162. The lowest BCUT2D eigenvalue weighted by atomic mass is 10.1. The summed E-state index contributed by atoms with van der Waals surface area (Å²) in [5, 5.41) is 17.1. The predicted octanol–water partition coefficient (Wildman–Crippen LogP) is 14.6. The molecule has 5 aliphatic heterocycles. The number of likely N-dealkylation sites (N-methyl/N-ethyl adjacent to an activating group) is 1. The first kappa shape index (κ1) is 84.3. The fourth-order valence-corrected chi connectivity index (χ4v) is 13.2. The smallest absolute Gasteiger partial charge is 0.248 e. The predicted molar refractivity (Wildman–Crippen MR) is 429 cm³/mol. The van der Waals surface area contributed by atoms with E-state index in [2.05, 4.69) is 92.0 Å². The van der Waals surface area contributed by atoms with Crippen LogP contribution in [0.4, 0.5) is 64.7 Å². The van der Waals surface area contributed by atoms with Gasteiger partial charge >= 0.3 is 0 Å². The van der Waals surface area contributed by atoms with Gasteiger partial charge < -0.3 is 75.0 Å². The zero-order valence-electron chi connectivity index (χ0n) is 61.7. The van der Waals surface area contributed by atoms with E-state index in [1.807, 2.05) is 31.1 Å². The Morgan fingerprint density at radius 2 is 0.938 bits per heavy atom. The van der Waals surface area contributed by atoms with Gasteiger partial charge in [0.1, 0.15) is 72.6 Å². The lowest BCUT2D eigenvalue weighted by molar-refractivity contribution is -0.114. The van der Waals surface area contributed by atoms with Crippen molar-refractivity contribution in [1.29, 1.82) is 0 Å². The summed E-state index contributed by atoms with van der Waals surface area (Å²) in [6.07, 6.45) is 13.7. The van der Waals surface area contributed by atoms with Gasteiger partial charge in [-0.05, 0) is 144 Å². The molecular weight excluding hydrogens is 1530 g/mol. The topological polar surface area (TPSA) is 307 Å². The van der Waals surface area contributed by atoms with E-state index in [1.54, 1.807) is 49.4 Å². The Labute approximate surface area is 661 Å². The van der Waals surface area contributed by atoms with E-state index >= 15 is 0 Å². The molecule has 6 aromatic carbocycles. The van der Waals surface area contributed by atoms with Crippen LogP contribution >= 0.6 is 42.2 Å². The van der Waals surface area contributed by atoms with Crippen LogP contribution in [0.1, 0.15) is 55.7 Å². The molecule has 0 aliphatic carbocycles. The average molecular weight is 1610 g/mol. The molecule has 31 heteroatoms. The zero-order valence-corrected chi connectivity index (χ0v) is 64.9. The van der Waals surface area contributed by atoms with Gasteiger partial charge in [0.05, 0.1) is 93.8 Å². The number of hydrogen-bond acceptors (Lipinski definition) is 22. The fraction of sp³-hybridized carbons (Fsp3) is 0.333. The first-order valence-electron chi connectivity index (χ1n) is 35.8. The minimum absolute atomic E-state index is 0.000668. The van der Waals surface area contributed by atoms with Crippen LogP contribution in [0, 0.1) is 82.6 Å². The van der Waals surface area contributed by atoms with Crippen LogP contribution in [0.2, 0.25) is 15.1 Å². The molecule has 6 unspecified atom stereocenters. The summed E-state index contributed by atoms with van der Waals surface area (Å²) < 4.78 is 84.3. The molecule has 6 atom stereocenters. The zero-order chi connectivity index (χ0) is 79.5. The number of carbonyl (C=O) groups is 4. The highest BCUT2D eigenvalue weighted by atomic mass is 35.5. The fourth-order valence-electron chi connectivity index (χ4n) is 11.4. The number of ether oxygens (including phenoxy) is 5. The molecule has 5 saturated heterocycles. The van der Waals surface area contributed by atoms with E-state index in [-0.39, 0.29) is 63.3 Å². The SMILES string of the molecule is CCOP(C)(=O)CC(=O)Nc1cc2c(Nc3ccc(F)c(Cl)c3)ncnc2cc1C#CC1CCOC1.CN(C)C/C=C/C(=O)Nc1cc2c(Nc3ccc(F)c(Cl)c3)ncnc2cc1C#CC1CCOC1.Nc1cc2c(Nc3ccc(F)c(Cl)c3)ncnc2cc1C#CC1CCOC1.O=CC1CCOC1.O=CC1CCOC1. The van der Waals surface area contributed by atoms with Crippen LogP contribution in [0.5, 0.6) is 0 Å². The Morgan fingerprint density at radius 3 is 1.29 bits per heavy atom. The van der Waals surface area contributed by atoms with Gasteiger partial charge in [0.25, 0.3) is 0 Å². The molecular formula is C81H82Cl3F3N13O11P. The van der Waals surface area contributed by atoms with E-state index in [1.165, 1.54) is 74.2 Å². The first-order chi connectivity index (χ1) is 54.1. The first-order valence-corrected chi connectivity index (χ1v) is 39.2. The second kappa shape index (κ2) is 41.9. The molecule has 7 N–H and O–H groups in total. The van der Waals surface area contributed by atoms with Gasteiger partial charge in [-0.25, -0.2) is 43.1 Å². The van der Waals surface area contributed by atoms with Gasteiger partial charge in [-0.2, -0.15) is 0 Å². The molecule has 5 fully saturated rings. The van der Waals surface area contributed by atoms with Crippen LogP contribution < -0.4 is 32.3 Å². The van der Waals surface area contributed by atoms with Crippen LogP contribution in [0.25, 0.3) is 32.7 Å². The van der Waals surface area contributed by atoms with Crippen molar-refractivity contribution in [3.05, 3.63) is 171 Å². The lowest BCUT2D eigenvalue weighted by Gasteiger charge is -2.15. The number of aromatic nitrogens is 6. The molecule has 5 aliphatic rings. The van der Waals surface area contributed by atoms with Crippen LogP contribution in [0.15, 0.2) is 122 Å². The summed E-state index contributed by atoms with van der Waals surface area (Å²) in [5.74, 6) is 19.2. The number of benzene rings is 6. The highest BCUT2D eigenvalue weighted by Crippen LogP contribution is 2.42. The van der Waals surface area contributed by atoms with Crippen LogP contribution in [-0.2, 0) is 52.0 Å². The summed E-state index contributed by atoms with van der Waals surface area (Å²) >= 11 is 17.7. The Bertz CT molecular complexity index is 5100. The maximum absolute atomic E-state index is 13.6. The Morgan fingerprint density at radius 1 is 0.554 bits per heavy atom. The molecule has 584 valence electrons. The molecule has 2 amide bonds. The highest BCUT2D eigenvalue weighted by molar-refractivity contribution is 7.59. The summed E-state index contributed by atoms with van der Waals surface area (Å²) in [6, 6.07) is 23.6. The number of nitrogens with two attached hydrogens (primary N) is 1. The number of nitrogen functional groups attached to an aromatic ring is 1.